The Hall–Kier alpha value is -3.26. The first-order valence-electron chi connectivity index (χ1n) is 12.9. The summed E-state index contributed by atoms with van der Waals surface area (Å²) in [7, 11) is -2.82. The molecule has 0 spiro atoms. The standard InChI is InChI=1S/C30H39N3O3Si/c1-30(2,3)37(25-18-10-5-11-19-25,26-20-12-6-13-21-26)36-33-28(34)23-15-7-14-22-27(31)29(35)32-24-16-8-4-9-17-24/h4-6,8-13,16-21,27H,7,14-15,22-23,31H2,1-3H3,(H,32,35)(H,33,34). The fraction of sp³-hybridized carbons (Fsp3) is 0.333. The molecular weight excluding hydrogens is 478 g/mol. The topological polar surface area (TPSA) is 93.4 Å². The van der Waals surface area contributed by atoms with Crippen LogP contribution in [0.5, 0.6) is 0 Å². The van der Waals surface area contributed by atoms with Gasteiger partial charge in [0, 0.05) is 12.1 Å². The van der Waals surface area contributed by atoms with E-state index in [-0.39, 0.29) is 16.9 Å². The van der Waals surface area contributed by atoms with E-state index in [0.717, 1.165) is 28.9 Å². The van der Waals surface area contributed by atoms with Gasteiger partial charge in [-0.2, -0.15) is 0 Å². The van der Waals surface area contributed by atoms with Gasteiger partial charge < -0.3 is 15.6 Å². The van der Waals surface area contributed by atoms with Crippen molar-refractivity contribution in [3.05, 3.63) is 91.0 Å². The van der Waals surface area contributed by atoms with Gasteiger partial charge >= 0.3 is 0 Å². The number of carbonyl (C=O) groups is 2. The number of para-hydroxylation sites is 1. The third kappa shape index (κ3) is 7.61. The minimum absolute atomic E-state index is 0.140. The predicted molar refractivity (Wildman–Crippen MR) is 153 cm³/mol. The van der Waals surface area contributed by atoms with Crippen molar-refractivity contribution in [2.24, 2.45) is 5.73 Å². The van der Waals surface area contributed by atoms with Crippen LogP contribution in [-0.2, 0) is 14.1 Å². The molecule has 0 fully saturated rings. The van der Waals surface area contributed by atoms with Crippen molar-refractivity contribution in [1.82, 2.24) is 5.48 Å². The van der Waals surface area contributed by atoms with Gasteiger partial charge in [0.25, 0.3) is 8.32 Å². The van der Waals surface area contributed by atoms with Gasteiger partial charge in [-0.25, -0.2) is 5.48 Å². The Balaban J connectivity index is 1.52. The quantitative estimate of drug-likeness (QED) is 0.187. The van der Waals surface area contributed by atoms with Crippen molar-refractivity contribution < 1.29 is 14.1 Å². The molecule has 0 aliphatic carbocycles. The van der Waals surface area contributed by atoms with E-state index < -0.39 is 14.4 Å². The molecule has 1 unspecified atom stereocenters. The molecule has 3 aromatic rings. The number of amides is 2. The second kappa shape index (κ2) is 13.3. The summed E-state index contributed by atoms with van der Waals surface area (Å²) >= 11 is 0. The molecule has 37 heavy (non-hydrogen) atoms. The van der Waals surface area contributed by atoms with Gasteiger partial charge in [-0.05, 0) is 40.4 Å². The number of hydrogen-bond donors (Lipinski definition) is 3. The second-order valence-corrected chi connectivity index (χ2v) is 14.6. The Morgan fingerprint density at radius 3 is 1.84 bits per heavy atom. The molecule has 196 valence electrons. The number of benzene rings is 3. The lowest BCUT2D eigenvalue weighted by Gasteiger charge is -2.41. The Bertz CT molecular complexity index is 1080. The van der Waals surface area contributed by atoms with Crippen LogP contribution in [0.25, 0.3) is 0 Å². The average Bonchev–Trinajstić information content (AvgIpc) is 2.89. The van der Waals surface area contributed by atoms with E-state index in [4.69, 9.17) is 10.3 Å². The van der Waals surface area contributed by atoms with Crippen molar-refractivity contribution >= 4 is 36.2 Å². The van der Waals surface area contributed by atoms with Crippen LogP contribution >= 0.6 is 0 Å². The van der Waals surface area contributed by atoms with E-state index in [9.17, 15) is 9.59 Å². The molecule has 0 bridgehead atoms. The van der Waals surface area contributed by atoms with Crippen molar-refractivity contribution in [2.45, 2.75) is 64.0 Å². The molecule has 0 saturated carbocycles. The summed E-state index contributed by atoms with van der Waals surface area (Å²) in [5.41, 5.74) is 9.59. The van der Waals surface area contributed by atoms with Gasteiger partial charge in [-0.3, -0.25) is 9.59 Å². The summed E-state index contributed by atoms with van der Waals surface area (Å²) in [6, 6.07) is 29.1. The highest BCUT2D eigenvalue weighted by Gasteiger charge is 2.51. The zero-order chi connectivity index (χ0) is 26.7. The summed E-state index contributed by atoms with van der Waals surface area (Å²) in [4.78, 5) is 25.1. The van der Waals surface area contributed by atoms with Gasteiger partial charge in [0.05, 0.1) is 6.04 Å². The molecule has 3 rings (SSSR count). The van der Waals surface area contributed by atoms with Gasteiger partial charge in [0.2, 0.25) is 11.8 Å². The maximum atomic E-state index is 12.8. The number of hydrogen-bond acceptors (Lipinski definition) is 4. The van der Waals surface area contributed by atoms with Crippen LogP contribution in [-0.4, -0.2) is 26.2 Å². The highest BCUT2D eigenvalue weighted by Crippen LogP contribution is 2.36. The summed E-state index contributed by atoms with van der Waals surface area (Å²) < 4.78 is 6.48. The smallest absolute Gasteiger partial charge is 0.295 e. The first-order valence-corrected chi connectivity index (χ1v) is 14.8. The number of nitrogens with one attached hydrogen (secondary N) is 2. The number of rotatable bonds is 12. The Morgan fingerprint density at radius 2 is 1.32 bits per heavy atom. The highest BCUT2D eigenvalue weighted by atomic mass is 28.4. The van der Waals surface area contributed by atoms with E-state index >= 15 is 0 Å². The lowest BCUT2D eigenvalue weighted by molar-refractivity contribution is -0.128. The molecular formula is C30H39N3O3Si. The molecule has 0 aliphatic heterocycles. The summed E-state index contributed by atoms with van der Waals surface area (Å²) in [5, 5.41) is 4.82. The molecule has 0 aliphatic rings. The van der Waals surface area contributed by atoms with Crippen LogP contribution in [0.2, 0.25) is 5.04 Å². The molecule has 0 heterocycles. The Labute approximate surface area is 221 Å². The molecule has 3 aromatic carbocycles. The van der Waals surface area contributed by atoms with Crippen LogP contribution in [0, 0.1) is 0 Å². The zero-order valence-electron chi connectivity index (χ0n) is 22.1. The third-order valence-corrected chi connectivity index (χ3v) is 11.3. The van der Waals surface area contributed by atoms with Crippen molar-refractivity contribution in [2.75, 3.05) is 5.32 Å². The maximum Gasteiger partial charge on any atom is 0.295 e. The molecule has 2 amide bonds. The number of carbonyl (C=O) groups excluding carboxylic acids is 2. The zero-order valence-corrected chi connectivity index (χ0v) is 23.1. The summed E-state index contributed by atoms with van der Waals surface area (Å²) in [6.07, 6.45) is 3.19. The lowest BCUT2D eigenvalue weighted by atomic mass is 10.1. The summed E-state index contributed by atoms with van der Waals surface area (Å²) in [6.45, 7) is 6.51. The number of hydroxylamine groups is 1. The number of nitrogens with two attached hydrogens (primary N) is 1. The first-order chi connectivity index (χ1) is 17.7. The third-order valence-electron chi connectivity index (χ3n) is 6.53. The van der Waals surface area contributed by atoms with Crippen molar-refractivity contribution in [3.63, 3.8) is 0 Å². The van der Waals surface area contributed by atoms with E-state index in [0.29, 0.717) is 19.3 Å². The van der Waals surface area contributed by atoms with Crippen LogP contribution < -0.4 is 26.9 Å². The molecule has 1 atom stereocenters. The molecule has 0 aromatic heterocycles. The van der Waals surface area contributed by atoms with Crippen LogP contribution in [0.15, 0.2) is 91.0 Å². The molecule has 0 radical (unpaired) electrons. The van der Waals surface area contributed by atoms with E-state index in [1.54, 1.807) is 0 Å². The molecule has 6 nitrogen and oxygen atoms in total. The molecule has 7 heteroatoms. The van der Waals surface area contributed by atoms with E-state index in [1.807, 2.05) is 66.7 Å². The van der Waals surface area contributed by atoms with Gasteiger partial charge in [0.1, 0.15) is 0 Å². The largest absolute Gasteiger partial charge is 0.325 e. The first kappa shape index (κ1) is 28.3. The molecule has 0 saturated heterocycles. The van der Waals surface area contributed by atoms with Crippen LogP contribution in [0.1, 0.15) is 52.9 Å². The maximum absolute atomic E-state index is 12.8. The average molecular weight is 518 g/mol. The fourth-order valence-electron chi connectivity index (χ4n) is 4.55. The lowest BCUT2D eigenvalue weighted by Crippen LogP contribution is -2.68. The van der Waals surface area contributed by atoms with Crippen LogP contribution in [0.4, 0.5) is 5.69 Å². The van der Waals surface area contributed by atoms with Crippen molar-refractivity contribution in [1.29, 1.82) is 0 Å². The highest BCUT2D eigenvalue weighted by molar-refractivity contribution is 6.99. The molecule has 4 N–H and O–H groups in total. The monoisotopic (exact) mass is 517 g/mol. The SMILES string of the molecule is CC(C)(C)[Si](ONC(=O)CCCCCC(N)C(=O)Nc1ccccc1)(c1ccccc1)c1ccccc1. The number of unbranched alkanes of at least 4 members (excludes halogenated alkanes) is 2. The van der Waals surface area contributed by atoms with Crippen molar-refractivity contribution in [3.8, 4) is 0 Å². The van der Waals surface area contributed by atoms with E-state index in [2.05, 4.69) is 55.8 Å². The second-order valence-electron chi connectivity index (χ2n) is 10.4. The Kier molecular flexibility index (Phi) is 10.2. The van der Waals surface area contributed by atoms with Crippen LogP contribution in [0.3, 0.4) is 0 Å². The fourth-order valence-corrected chi connectivity index (χ4v) is 8.75. The Morgan fingerprint density at radius 1 is 0.811 bits per heavy atom. The van der Waals surface area contributed by atoms with Gasteiger partial charge in [0.15, 0.2) is 0 Å². The van der Waals surface area contributed by atoms with Gasteiger partial charge in [-0.15, -0.1) is 0 Å². The normalized spacial score (nSPS) is 12.5. The summed E-state index contributed by atoms with van der Waals surface area (Å²) in [5.74, 6) is -0.332. The predicted octanol–water partition coefficient (Wildman–Crippen LogP) is 4.51. The minimum atomic E-state index is -2.82. The minimum Gasteiger partial charge on any atom is -0.325 e. The van der Waals surface area contributed by atoms with E-state index in [1.165, 1.54) is 0 Å². The number of anilines is 1. The van der Waals surface area contributed by atoms with Gasteiger partial charge in [-0.1, -0.05) is 112 Å².